The van der Waals surface area contributed by atoms with Gasteiger partial charge in [-0.3, -0.25) is 14.4 Å². The van der Waals surface area contributed by atoms with E-state index in [-0.39, 0.29) is 56.1 Å². The number of carbonyl (C=O) groups is 4. The van der Waals surface area contributed by atoms with Crippen LogP contribution in [0.1, 0.15) is 26.2 Å². The molecule has 1 atom stereocenters. The molecule has 2 amide bonds. The van der Waals surface area contributed by atoms with Crippen molar-refractivity contribution in [1.29, 1.82) is 0 Å². The third-order valence-electron chi connectivity index (χ3n) is 3.72. The summed E-state index contributed by atoms with van der Waals surface area (Å²) >= 11 is 3.98. The summed E-state index contributed by atoms with van der Waals surface area (Å²) in [6.45, 7) is 3.63. The molecule has 174 valence electrons. The molecule has 0 aliphatic rings. The van der Waals surface area contributed by atoms with Crippen LogP contribution in [-0.2, 0) is 38.1 Å². The molecular formula is C19H34N2O8S. The molecule has 0 spiro atoms. The Bertz CT molecular complexity index is 519. The van der Waals surface area contributed by atoms with Crippen LogP contribution in [0, 0.1) is 5.92 Å². The first kappa shape index (κ1) is 28.5. The summed E-state index contributed by atoms with van der Waals surface area (Å²) in [7, 11) is 0. The Balaban J connectivity index is 3.41. The Morgan fingerprint density at radius 2 is 1.50 bits per heavy atom. The molecule has 0 saturated carbocycles. The van der Waals surface area contributed by atoms with Crippen molar-refractivity contribution in [2.24, 2.45) is 11.7 Å². The number of carbonyl (C=O) groups excluding carboxylic acids is 4. The highest BCUT2D eigenvalue weighted by atomic mass is 32.1. The van der Waals surface area contributed by atoms with Gasteiger partial charge in [0.1, 0.15) is 19.0 Å². The molecule has 0 bridgehead atoms. The van der Waals surface area contributed by atoms with E-state index >= 15 is 0 Å². The number of nitrogens with two attached hydrogens (primary N) is 1. The molecule has 0 saturated heterocycles. The average molecular weight is 451 g/mol. The molecule has 11 heteroatoms. The number of hydrogen-bond donors (Lipinski definition) is 3. The van der Waals surface area contributed by atoms with E-state index in [1.165, 1.54) is 0 Å². The summed E-state index contributed by atoms with van der Waals surface area (Å²) in [4.78, 5) is 45.0. The summed E-state index contributed by atoms with van der Waals surface area (Å²) in [5.41, 5.74) is 5.15. The largest absolute Gasteiger partial charge is 0.379 e. The Hall–Kier alpha value is -1.53. The van der Waals surface area contributed by atoms with E-state index < -0.39 is 11.8 Å². The van der Waals surface area contributed by atoms with Crippen molar-refractivity contribution < 1.29 is 38.1 Å². The molecule has 0 aliphatic heterocycles. The molecular weight excluding hydrogens is 416 g/mol. The number of thiol groups is 1. The Morgan fingerprint density at radius 3 is 2.10 bits per heavy atom. The molecule has 10 nitrogen and oxygen atoms in total. The predicted octanol–water partition coefficient (Wildman–Crippen LogP) is -0.471. The van der Waals surface area contributed by atoms with Crippen LogP contribution in [0.2, 0.25) is 0 Å². The predicted molar refractivity (Wildman–Crippen MR) is 112 cm³/mol. The van der Waals surface area contributed by atoms with Gasteiger partial charge in [-0.2, -0.15) is 12.6 Å². The second-order valence-electron chi connectivity index (χ2n) is 6.51. The fraction of sp³-hybridized carbons (Fsp3) is 0.789. The number of ether oxygens (including phenoxy) is 4. The number of Topliss-reactive ketones (excluding diaryl/α,β-unsaturated/α-hetero) is 2. The Labute approximate surface area is 182 Å². The molecule has 0 aliphatic carbocycles. The second-order valence-corrected chi connectivity index (χ2v) is 6.88. The second kappa shape index (κ2) is 19.4. The van der Waals surface area contributed by atoms with Crippen molar-refractivity contribution >= 4 is 36.0 Å². The van der Waals surface area contributed by atoms with Crippen molar-refractivity contribution in [3.63, 3.8) is 0 Å². The Morgan fingerprint density at radius 1 is 0.900 bits per heavy atom. The molecule has 0 rings (SSSR count). The van der Waals surface area contributed by atoms with Crippen molar-refractivity contribution in [1.82, 2.24) is 5.32 Å². The van der Waals surface area contributed by atoms with Gasteiger partial charge in [0.2, 0.25) is 11.8 Å². The zero-order valence-electron chi connectivity index (χ0n) is 17.6. The van der Waals surface area contributed by atoms with Gasteiger partial charge in [0.05, 0.1) is 39.0 Å². The quantitative estimate of drug-likeness (QED) is 0.157. The number of rotatable bonds is 21. The van der Waals surface area contributed by atoms with E-state index in [9.17, 15) is 19.2 Å². The van der Waals surface area contributed by atoms with Crippen LogP contribution in [0.4, 0.5) is 0 Å². The maximum Gasteiger partial charge on any atom is 0.246 e. The first-order valence-corrected chi connectivity index (χ1v) is 10.5. The van der Waals surface area contributed by atoms with Gasteiger partial charge in [0.15, 0.2) is 5.78 Å². The third-order valence-corrected chi connectivity index (χ3v) is 4.16. The topological polar surface area (TPSA) is 143 Å². The molecule has 0 aromatic rings. The van der Waals surface area contributed by atoms with Crippen molar-refractivity contribution in [2.45, 2.75) is 26.2 Å². The number of amides is 2. The first-order valence-electron chi connectivity index (χ1n) is 9.85. The standard InChI is InChI=1S/C19H34N2O8S/c1-15(22)3-2-5-26-7-10-29-13-18(24)21-4-6-27-8-9-28-12-17(23)11-16(14-30)19(20)25/h16,30H,2-14H2,1H3,(H2,20,25)(H,21,24)/t16-/m1/s1. The SMILES string of the molecule is CC(=O)CCCOCCOCC(=O)NCCOCCOCC(=O)C[C@H](CS)C(N)=O. The minimum absolute atomic E-state index is 0.0137. The van der Waals surface area contributed by atoms with Gasteiger partial charge in [-0.1, -0.05) is 0 Å². The molecule has 3 N–H and O–H groups in total. The molecule has 0 radical (unpaired) electrons. The summed E-state index contributed by atoms with van der Waals surface area (Å²) in [6.07, 6.45) is 1.20. The van der Waals surface area contributed by atoms with Gasteiger partial charge in [-0.05, 0) is 13.3 Å². The van der Waals surface area contributed by atoms with Gasteiger partial charge in [-0.25, -0.2) is 0 Å². The van der Waals surface area contributed by atoms with Crippen molar-refractivity contribution in [2.75, 3.05) is 65.2 Å². The minimum atomic E-state index is -0.585. The van der Waals surface area contributed by atoms with E-state index in [1.54, 1.807) is 6.92 Å². The highest BCUT2D eigenvalue weighted by Gasteiger charge is 2.17. The number of nitrogens with one attached hydrogen (secondary N) is 1. The van der Waals surface area contributed by atoms with E-state index in [0.29, 0.717) is 45.8 Å². The molecule has 30 heavy (non-hydrogen) atoms. The fourth-order valence-electron chi connectivity index (χ4n) is 2.12. The summed E-state index contributed by atoms with van der Waals surface area (Å²) in [6, 6.07) is 0. The van der Waals surface area contributed by atoms with Gasteiger partial charge >= 0.3 is 0 Å². The van der Waals surface area contributed by atoms with E-state index in [1.807, 2.05) is 0 Å². The number of hydrogen-bond acceptors (Lipinski definition) is 9. The van der Waals surface area contributed by atoms with Crippen LogP contribution >= 0.6 is 12.6 Å². The van der Waals surface area contributed by atoms with Crippen LogP contribution in [0.15, 0.2) is 0 Å². The molecule has 0 aromatic heterocycles. The highest BCUT2D eigenvalue weighted by Crippen LogP contribution is 2.05. The van der Waals surface area contributed by atoms with Crippen LogP contribution in [0.5, 0.6) is 0 Å². The van der Waals surface area contributed by atoms with Crippen LogP contribution in [0.25, 0.3) is 0 Å². The molecule has 0 fully saturated rings. The van der Waals surface area contributed by atoms with E-state index in [0.717, 1.165) is 0 Å². The lowest BCUT2D eigenvalue weighted by molar-refractivity contribution is -0.129. The zero-order chi connectivity index (χ0) is 22.6. The first-order chi connectivity index (χ1) is 14.4. The molecule has 0 heterocycles. The number of primary amides is 1. The number of ketones is 2. The highest BCUT2D eigenvalue weighted by molar-refractivity contribution is 7.80. The van der Waals surface area contributed by atoms with Crippen LogP contribution in [0.3, 0.4) is 0 Å². The van der Waals surface area contributed by atoms with E-state index in [4.69, 9.17) is 24.7 Å². The van der Waals surface area contributed by atoms with Crippen molar-refractivity contribution in [3.05, 3.63) is 0 Å². The summed E-state index contributed by atoms with van der Waals surface area (Å²) in [5, 5.41) is 2.64. The van der Waals surface area contributed by atoms with Gasteiger partial charge in [0.25, 0.3) is 0 Å². The van der Waals surface area contributed by atoms with Gasteiger partial charge in [0, 0.05) is 31.7 Å². The fourth-order valence-corrected chi connectivity index (χ4v) is 2.43. The van der Waals surface area contributed by atoms with E-state index in [2.05, 4.69) is 17.9 Å². The maximum atomic E-state index is 11.6. The monoisotopic (exact) mass is 450 g/mol. The minimum Gasteiger partial charge on any atom is -0.379 e. The lowest BCUT2D eigenvalue weighted by Crippen LogP contribution is -2.31. The van der Waals surface area contributed by atoms with Crippen LogP contribution < -0.4 is 11.1 Å². The van der Waals surface area contributed by atoms with Crippen molar-refractivity contribution in [3.8, 4) is 0 Å². The summed E-state index contributed by atoms with van der Waals surface area (Å²) < 4.78 is 20.9. The smallest absolute Gasteiger partial charge is 0.246 e. The van der Waals surface area contributed by atoms with Gasteiger partial charge in [-0.15, -0.1) is 0 Å². The zero-order valence-corrected chi connectivity index (χ0v) is 18.5. The van der Waals surface area contributed by atoms with Gasteiger partial charge < -0.3 is 34.8 Å². The summed E-state index contributed by atoms with van der Waals surface area (Å²) in [5.74, 6) is -1.26. The lowest BCUT2D eigenvalue weighted by Gasteiger charge is -2.10. The molecule has 0 unspecified atom stereocenters. The molecule has 0 aromatic carbocycles. The third kappa shape index (κ3) is 18.5. The normalized spacial score (nSPS) is 11.8. The maximum absolute atomic E-state index is 11.6. The Kier molecular flexibility index (Phi) is 18.4. The lowest BCUT2D eigenvalue weighted by atomic mass is 10.0. The average Bonchev–Trinajstić information content (AvgIpc) is 2.69. The van der Waals surface area contributed by atoms with Crippen LogP contribution in [-0.4, -0.2) is 88.5 Å².